The molecule has 0 aliphatic carbocycles. The minimum atomic E-state index is -0.544. The average Bonchev–Trinajstić information content (AvgIpc) is 2.75. The summed E-state index contributed by atoms with van der Waals surface area (Å²) in [5, 5.41) is 21.3. The van der Waals surface area contributed by atoms with E-state index in [2.05, 4.69) is 4.90 Å². The minimum absolute atomic E-state index is 0.361. The summed E-state index contributed by atoms with van der Waals surface area (Å²) in [4.78, 5) is 2.26. The van der Waals surface area contributed by atoms with Crippen LogP contribution in [0.1, 0.15) is 42.6 Å². The van der Waals surface area contributed by atoms with E-state index in [0.29, 0.717) is 13.0 Å². The maximum Gasteiger partial charge on any atom is 0.129 e. The highest BCUT2D eigenvalue weighted by molar-refractivity contribution is 5.44. The lowest BCUT2D eigenvalue weighted by atomic mass is 9.81. The second kappa shape index (κ2) is 8.22. The third kappa shape index (κ3) is 4.20. The van der Waals surface area contributed by atoms with Crippen LogP contribution >= 0.6 is 0 Å². The Morgan fingerprint density at radius 3 is 2.38 bits per heavy atom. The summed E-state index contributed by atoms with van der Waals surface area (Å²) < 4.78 is 16.9. The van der Waals surface area contributed by atoms with Gasteiger partial charge in [-0.15, -0.1) is 0 Å². The van der Waals surface area contributed by atoms with Crippen LogP contribution in [0.15, 0.2) is 42.5 Å². The Kier molecular flexibility index (Phi) is 5.67. The van der Waals surface area contributed by atoms with Crippen LogP contribution in [-0.4, -0.2) is 54.6 Å². The molecule has 2 N–H and O–H groups in total. The lowest BCUT2D eigenvalue weighted by molar-refractivity contribution is -0.0588. The number of methoxy groups -OCH3 is 2. The number of aliphatic hydroxyl groups excluding tert-OH is 2. The molecule has 0 aromatic heterocycles. The second-order valence-electron chi connectivity index (χ2n) is 8.00. The van der Waals surface area contributed by atoms with Crippen molar-refractivity contribution >= 4 is 0 Å². The van der Waals surface area contributed by atoms with E-state index < -0.39 is 12.2 Å². The molecule has 2 aliphatic heterocycles. The van der Waals surface area contributed by atoms with E-state index in [-0.39, 0.29) is 5.60 Å². The van der Waals surface area contributed by atoms with Gasteiger partial charge in [-0.2, -0.15) is 0 Å². The summed E-state index contributed by atoms with van der Waals surface area (Å²) in [5.41, 5.74) is 1.35. The number of ether oxygens (including phenoxy) is 3. The standard InChI is InChI=1S/C23H29NO5/c1-27-17-5-3-16(4-6-17)21(26)15-24-11-9-23(10-12-24)14-20(25)19-8-7-18(28-2)13-22(19)29-23/h3-8,13,20-21,25-26H,9-12,14-15H2,1-2H3. The van der Waals surface area contributed by atoms with Gasteiger partial charge in [0, 0.05) is 37.7 Å². The summed E-state index contributed by atoms with van der Waals surface area (Å²) >= 11 is 0. The molecule has 2 unspecified atom stereocenters. The molecule has 1 fully saturated rings. The lowest BCUT2D eigenvalue weighted by Crippen LogP contribution is -2.51. The molecule has 1 spiro atoms. The summed E-state index contributed by atoms with van der Waals surface area (Å²) in [6.07, 6.45) is 1.16. The Hall–Kier alpha value is -2.28. The van der Waals surface area contributed by atoms with Gasteiger partial charge < -0.3 is 29.3 Å². The Labute approximate surface area is 171 Å². The number of aliphatic hydroxyl groups is 2. The molecule has 6 heteroatoms. The van der Waals surface area contributed by atoms with E-state index in [1.54, 1.807) is 14.2 Å². The smallest absolute Gasteiger partial charge is 0.129 e. The van der Waals surface area contributed by atoms with Crippen LogP contribution in [0.2, 0.25) is 0 Å². The van der Waals surface area contributed by atoms with Crippen molar-refractivity contribution in [2.24, 2.45) is 0 Å². The van der Waals surface area contributed by atoms with Crippen LogP contribution in [-0.2, 0) is 0 Å². The zero-order valence-corrected chi connectivity index (χ0v) is 17.0. The number of hydrogen-bond donors (Lipinski definition) is 2. The summed E-state index contributed by atoms with van der Waals surface area (Å²) in [5.74, 6) is 2.23. The maximum atomic E-state index is 10.7. The van der Waals surface area contributed by atoms with Crippen molar-refractivity contribution in [2.45, 2.75) is 37.1 Å². The molecule has 2 atom stereocenters. The Morgan fingerprint density at radius 1 is 1.07 bits per heavy atom. The third-order valence-electron chi connectivity index (χ3n) is 6.17. The topological polar surface area (TPSA) is 71.4 Å². The van der Waals surface area contributed by atoms with Gasteiger partial charge in [-0.1, -0.05) is 12.1 Å². The fraction of sp³-hybridized carbons (Fsp3) is 0.478. The molecule has 0 bridgehead atoms. The fourth-order valence-corrected chi connectivity index (χ4v) is 4.37. The molecule has 29 heavy (non-hydrogen) atoms. The first-order chi connectivity index (χ1) is 14.0. The summed E-state index contributed by atoms with van der Waals surface area (Å²) in [6, 6.07) is 13.1. The zero-order valence-electron chi connectivity index (χ0n) is 17.0. The van der Waals surface area contributed by atoms with Crippen molar-refractivity contribution in [1.82, 2.24) is 4.90 Å². The van der Waals surface area contributed by atoms with Crippen LogP contribution < -0.4 is 14.2 Å². The Bertz CT molecular complexity index is 830. The monoisotopic (exact) mass is 399 g/mol. The van der Waals surface area contributed by atoms with Gasteiger partial charge in [0.15, 0.2) is 0 Å². The van der Waals surface area contributed by atoms with E-state index in [4.69, 9.17) is 14.2 Å². The minimum Gasteiger partial charge on any atom is -0.497 e. The van der Waals surface area contributed by atoms with E-state index in [1.807, 2.05) is 42.5 Å². The van der Waals surface area contributed by atoms with E-state index in [9.17, 15) is 10.2 Å². The number of likely N-dealkylation sites (tertiary alicyclic amines) is 1. The number of rotatable bonds is 5. The fourth-order valence-electron chi connectivity index (χ4n) is 4.37. The van der Waals surface area contributed by atoms with Gasteiger partial charge in [0.1, 0.15) is 22.8 Å². The molecule has 0 saturated carbocycles. The van der Waals surface area contributed by atoms with Gasteiger partial charge >= 0.3 is 0 Å². The maximum absolute atomic E-state index is 10.7. The first-order valence-corrected chi connectivity index (χ1v) is 10.1. The van der Waals surface area contributed by atoms with Crippen LogP contribution in [0.3, 0.4) is 0 Å². The van der Waals surface area contributed by atoms with E-state index in [1.165, 1.54) is 0 Å². The number of benzene rings is 2. The largest absolute Gasteiger partial charge is 0.497 e. The van der Waals surface area contributed by atoms with Crippen LogP contribution in [0.5, 0.6) is 17.2 Å². The Balaban J connectivity index is 1.38. The zero-order chi connectivity index (χ0) is 20.4. The van der Waals surface area contributed by atoms with Crippen molar-refractivity contribution in [1.29, 1.82) is 0 Å². The number of β-amino-alcohol motifs (C(OH)–C–C–N with tert-alkyl or cyclic N) is 1. The number of hydrogen-bond acceptors (Lipinski definition) is 6. The molecule has 156 valence electrons. The van der Waals surface area contributed by atoms with Gasteiger partial charge in [-0.05, 0) is 42.7 Å². The quantitative estimate of drug-likeness (QED) is 0.805. The highest BCUT2D eigenvalue weighted by Gasteiger charge is 2.43. The molecular formula is C23H29NO5. The molecule has 4 rings (SSSR count). The third-order valence-corrected chi connectivity index (χ3v) is 6.17. The molecule has 2 aliphatic rings. The summed E-state index contributed by atoms with van der Waals surface area (Å²) in [7, 11) is 3.26. The first kappa shape index (κ1) is 20.0. The summed E-state index contributed by atoms with van der Waals surface area (Å²) in [6.45, 7) is 2.22. The molecule has 0 radical (unpaired) electrons. The number of piperidine rings is 1. The molecule has 2 aromatic rings. The van der Waals surface area contributed by atoms with Gasteiger partial charge in [0.2, 0.25) is 0 Å². The van der Waals surface area contributed by atoms with Crippen molar-refractivity contribution in [2.75, 3.05) is 33.9 Å². The number of nitrogens with zero attached hydrogens (tertiary/aromatic N) is 1. The second-order valence-corrected chi connectivity index (χ2v) is 8.00. The van der Waals surface area contributed by atoms with Gasteiger partial charge in [-0.25, -0.2) is 0 Å². The van der Waals surface area contributed by atoms with E-state index >= 15 is 0 Å². The van der Waals surface area contributed by atoms with Gasteiger partial charge in [-0.3, -0.25) is 0 Å². The first-order valence-electron chi connectivity index (χ1n) is 10.1. The molecule has 1 saturated heterocycles. The van der Waals surface area contributed by atoms with Gasteiger partial charge in [0.05, 0.1) is 26.4 Å². The average molecular weight is 399 g/mol. The lowest BCUT2D eigenvalue weighted by Gasteiger charge is -2.46. The van der Waals surface area contributed by atoms with Crippen molar-refractivity contribution < 1.29 is 24.4 Å². The Morgan fingerprint density at radius 2 is 1.72 bits per heavy atom. The molecule has 2 aromatic carbocycles. The van der Waals surface area contributed by atoms with Crippen LogP contribution in [0.25, 0.3) is 0 Å². The molecule has 6 nitrogen and oxygen atoms in total. The van der Waals surface area contributed by atoms with Gasteiger partial charge in [0.25, 0.3) is 0 Å². The normalized spacial score (nSPS) is 21.9. The highest BCUT2D eigenvalue weighted by atomic mass is 16.5. The highest BCUT2D eigenvalue weighted by Crippen LogP contribution is 2.45. The number of fused-ring (bicyclic) bond motifs is 1. The van der Waals surface area contributed by atoms with Crippen LogP contribution in [0, 0.1) is 0 Å². The predicted octanol–water partition coefficient (Wildman–Crippen LogP) is 3.09. The van der Waals surface area contributed by atoms with Crippen LogP contribution in [0.4, 0.5) is 0 Å². The SMILES string of the molecule is COc1ccc(C(O)CN2CCC3(CC2)CC(O)c2ccc(OC)cc2O3)cc1. The predicted molar refractivity (Wildman–Crippen MR) is 110 cm³/mol. The molecular weight excluding hydrogens is 370 g/mol. The van der Waals surface area contributed by atoms with E-state index in [0.717, 1.165) is 54.3 Å². The molecule has 0 amide bonds. The van der Waals surface area contributed by atoms with Crippen molar-refractivity contribution in [3.05, 3.63) is 53.6 Å². The van der Waals surface area contributed by atoms with Crippen molar-refractivity contribution in [3.8, 4) is 17.2 Å². The molecule has 2 heterocycles. The van der Waals surface area contributed by atoms with Crippen molar-refractivity contribution in [3.63, 3.8) is 0 Å².